The van der Waals surface area contributed by atoms with Gasteiger partial charge in [0.05, 0.1) is 12.1 Å². The largest absolute Gasteiger partial charge is 0.420 e. The van der Waals surface area contributed by atoms with Crippen LogP contribution in [0.2, 0.25) is 0 Å². The maximum Gasteiger partial charge on any atom is 0.420 e. The molecule has 2 atom stereocenters. The highest BCUT2D eigenvalue weighted by Crippen LogP contribution is 2.52. The van der Waals surface area contributed by atoms with Gasteiger partial charge in [-0.3, -0.25) is 9.80 Å². The van der Waals surface area contributed by atoms with Crippen molar-refractivity contribution >= 4 is 55.4 Å². The smallest absolute Gasteiger partial charge is 0.410 e. The Morgan fingerprint density at radius 1 is 0.579 bits per heavy atom. The maximum absolute atomic E-state index is 13.7. The Labute approximate surface area is 237 Å². The Morgan fingerprint density at radius 2 is 0.947 bits per heavy atom. The van der Waals surface area contributed by atoms with E-state index >= 15 is 0 Å². The number of amides is 2. The number of hydrogen-bond acceptors (Lipinski definition) is 4. The summed E-state index contributed by atoms with van der Waals surface area (Å²) >= 11 is 7.19. The Hall–Kier alpha value is -3.62. The number of ether oxygens (including phenoxy) is 2. The molecule has 4 aromatic carbocycles. The van der Waals surface area contributed by atoms with Crippen molar-refractivity contribution in [3.8, 4) is 11.5 Å². The minimum atomic E-state index is -0.631. The van der Waals surface area contributed by atoms with Gasteiger partial charge in [-0.25, -0.2) is 9.59 Å². The van der Waals surface area contributed by atoms with E-state index in [0.717, 1.165) is 31.2 Å². The van der Waals surface area contributed by atoms with Crippen LogP contribution in [0.15, 0.2) is 93.9 Å². The zero-order valence-electron chi connectivity index (χ0n) is 20.5. The molecule has 2 amide bonds. The summed E-state index contributed by atoms with van der Waals surface area (Å²) in [4.78, 5) is 30.6. The average molecular weight is 634 g/mol. The number of carbonyl (C=O) groups is 2. The fourth-order valence-electron chi connectivity index (χ4n) is 5.04. The number of benzene rings is 4. The number of anilines is 2. The molecule has 6 nitrogen and oxygen atoms in total. The molecule has 0 saturated heterocycles. The molecular formula is C30H22Br2N2O4. The van der Waals surface area contributed by atoms with Crippen LogP contribution in [0.3, 0.4) is 0 Å². The lowest BCUT2D eigenvalue weighted by Gasteiger charge is -2.46. The number of rotatable bonds is 3. The van der Waals surface area contributed by atoms with E-state index < -0.39 is 24.3 Å². The second-order valence-electron chi connectivity index (χ2n) is 9.40. The number of fused-ring (bicyclic) bond motifs is 2. The van der Waals surface area contributed by atoms with Gasteiger partial charge in [-0.2, -0.15) is 0 Å². The van der Waals surface area contributed by atoms with Crippen LogP contribution < -0.4 is 19.3 Å². The van der Waals surface area contributed by atoms with E-state index in [1.165, 1.54) is 0 Å². The minimum absolute atomic E-state index is 0.450. The Balaban J connectivity index is 1.65. The van der Waals surface area contributed by atoms with Crippen LogP contribution in [0.4, 0.5) is 21.0 Å². The summed E-state index contributed by atoms with van der Waals surface area (Å²) in [6, 6.07) is 25.2. The zero-order valence-corrected chi connectivity index (χ0v) is 23.7. The molecule has 0 bridgehead atoms. The third-order valence-corrected chi connectivity index (χ3v) is 7.84. The number of nitrogens with zero attached hydrogens (tertiary/aromatic N) is 2. The third kappa shape index (κ3) is 4.27. The second-order valence-corrected chi connectivity index (χ2v) is 11.2. The van der Waals surface area contributed by atoms with Gasteiger partial charge >= 0.3 is 12.2 Å². The van der Waals surface area contributed by atoms with E-state index in [0.29, 0.717) is 22.9 Å². The zero-order chi connectivity index (χ0) is 26.6. The molecule has 0 saturated carbocycles. The maximum atomic E-state index is 13.7. The van der Waals surface area contributed by atoms with Crippen LogP contribution in [-0.2, 0) is 0 Å². The first-order valence-corrected chi connectivity index (χ1v) is 13.6. The number of hydrogen-bond donors (Lipinski definition) is 0. The summed E-state index contributed by atoms with van der Waals surface area (Å²) in [6.07, 6.45) is -1.04. The molecule has 4 aromatic rings. The van der Waals surface area contributed by atoms with Gasteiger partial charge in [0.15, 0.2) is 0 Å². The molecule has 0 aromatic heterocycles. The van der Waals surface area contributed by atoms with Crippen LogP contribution in [0, 0.1) is 13.8 Å². The highest BCUT2D eigenvalue weighted by Gasteiger charge is 2.48. The van der Waals surface area contributed by atoms with E-state index in [4.69, 9.17) is 9.47 Å². The molecule has 0 unspecified atom stereocenters. The second kappa shape index (κ2) is 9.60. The molecule has 0 N–H and O–H groups in total. The highest BCUT2D eigenvalue weighted by molar-refractivity contribution is 9.10. The molecule has 38 heavy (non-hydrogen) atoms. The van der Waals surface area contributed by atoms with Crippen LogP contribution in [0.5, 0.6) is 11.5 Å². The molecule has 0 aliphatic carbocycles. The summed E-state index contributed by atoms with van der Waals surface area (Å²) in [5, 5.41) is 0. The topological polar surface area (TPSA) is 59.1 Å². The number of carbonyl (C=O) groups excluding carboxylic acids is 2. The first-order chi connectivity index (χ1) is 18.3. The van der Waals surface area contributed by atoms with Crippen LogP contribution in [-0.4, -0.2) is 12.2 Å². The van der Waals surface area contributed by atoms with Crippen molar-refractivity contribution in [3.05, 3.63) is 116 Å². The lowest BCUT2D eigenvalue weighted by molar-refractivity contribution is 0.185. The first-order valence-electron chi connectivity index (χ1n) is 12.0. The van der Waals surface area contributed by atoms with Gasteiger partial charge in [0.1, 0.15) is 11.5 Å². The Morgan fingerprint density at radius 3 is 1.32 bits per heavy atom. The molecule has 6 rings (SSSR count). The third-order valence-electron chi connectivity index (χ3n) is 6.85. The monoisotopic (exact) mass is 632 g/mol. The molecule has 0 radical (unpaired) electrons. The fraction of sp³-hybridized carbons (Fsp3) is 0.133. The number of halogens is 2. The SMILES string of the molecule is Cc1ccc(N2C(=O)Oc3ccc(Br)cc3[C@H]2[C@@H]2c3cc(Br)ccc3OC(=O)N2c2ccc(C)cc2)cc1. The van der Waals surface area contributed by atoms with Gasteiger partial charge in [0.25, 0.3) is 0 Å². The van der Waals surface area contributed by atoms with Crippen LogP contribution in [0.1, 0.15) is 34.3 Å². The summed E-state index contributed by atoms with van der Waals surface area (Å²) in [6.45, 7) is 3.98. The van der Waals surface area contributed by atoms with Crippen molar-refractivity contribution in [1.82, 2.24) is 0 Å². The standard InChI is InChI=1S/C30H22Br2N2O4/c1-17-3-9-21(10-4-17)33-27(23-15-19(31)7-13-25(23)37-29(33)35)28-24-16-20(32)8-14-26(24)38-30(36)34(28)22-11-5-18(2)6-12-22/h3-16,27-28H,1-2H3/t27-,28-/m0/s1. The molecule has 2 aliphatic heterocycles. The fourth-order valence-corrected chi connectivity index (χ4v) is 5.80. The minimum Gasteiger partial charge on any atom is -0.410 e. The summed E-state index contributed by atoms with van der Waals surface area (Å²) < 4.78 is 13.3. The molecule has 2 heterocycles. The van der Waals surface area contributed by atoms with Crippen molar-refractivity contribution in [2.45, 2.75) is 25.9 Å². The van der Waals surface area contributed by atoms with Crippen LogP contribution in [0.25, 0.3) is 0 Å². The predicted molar refractivity (Wildman–Crippen MR) is 153 cm³/mol. The van der Waals surface area contributed by atoms with Gasteiger partial charge in [-0.15, -0.1) is 0 Å². The molecule has 8 heteroatoms. The first kappa shape index (κ1) is 24.7. The lowest BCUT2D eigenvalue weighted by Crippen LogP contribution is -2.51. The van der Waals surface area contributed by atoms with Crippen LogP contribution >= 0.6 is 31.9 Å². The Kier molecular flexibility index (Phi) is 6.24. The van der Waals surface area contributed by atoms with Crippen molar-refractivity contribution < 1.29 is 19.1 Å². The number of aryl methyl sites for hydroxylation is 2. The molecular weight excluding hydrogens is 612 g/mol. The van der Waals surface area contributed by atoms with Crippen molar-refractivity contribution in [1.29, 1.82) is 0 Å². The van der Waals surface area contributed by atoms with Crippen molar-refractivity contribution in [2.24, 2.45) is 0 Å². The molecule has 190 valence electrons. The van der Waals surface area contributed by atoms with Gasteiger partial charge in [0, 0.05) is 31.4 Å². The highest BCUT2D eigenvalue weighted by atomic mass is 79.9. The summed E-state index contributed by atoms with van der Waals surface area (Å²) in [5.41, 5.74) is 4.99. The van der Waals surface area contributed by atoms with E-state index in [2.05, 4.69) is 31.9 Å². The average Bonchev–Trinajstić information content (AvgIpc) is 2.89. The molecule has 2 aliphatic rings. The van der Waals surface area contributed by atoms with Gasteiger partial charge in [-0.05, 0) is 74.5 Å². The van der Waals surface area contributed by atoms with E-state index in [1.54, 1.807) is 21.9 Å². The quantitative estimate of drug-likeness (QED) is 0.227. The summed E-state index contributed by atoms with van der Waals surface area (Å²) in [5.74, 6) is 0.900. The van der Waals surface area contributed by atoms with Gasteiger partial charge in [-0.1, -0.05) is 67.3 Å². The summed E-state index contributed by atoms with van der Waals surface area (Å²) in [7, 11) is 0. The van der Waals surface area contributed by atoms with E-state index in [1.807, 2.05) is 86.6 Å². The Bertz CT molecular complexity index is 1450. The van der Waals surface area contributed by atoms with Gasteiger partial charge in [0.2, 0.25) is 0 Å². The van der Waals surface area contributed by atoms with Gasteiger partial charge < -0.3 is 9.47 Å². The van der Waals surface area contributed by atoms with Crippen molar-refractivity contribution in [3.63, 3.8) is 0 Å². The molecule has 0 fully saturated rings. The predicted octanol–water partition coefficient (Wildman–Crippen LogP) is 8.65. The lowest BCUT2D eigenvalue weighted by atomic mass is 9.87. The molecule has 0 spiro atoms. The van der Waals surface area contributed by atoms with E-state index in [-0.39, 0.29) is 0 Å². The van der Waals surface area contributed by atoms with Crippen molar-refractivity contribution in [2.75, 3.05) is 9.80 Å². The van der Waals surface area contributed by atoms with E-state index in [9.17, 15) is 9.59 Å². The normalized spacial score (nSPS) is 18.4.